The predicted octanol–water partition coefficient (Wildman–Crippen LogP) is 4.81. The molecule has 0 amide bonds. The van der Waals surface area contributed by atoms with Crippen molar-refractivity contribution in [2.24, 2.45) is 0 Å². The van der Waals surface area contributed by atoms with E-state index in [0.717, 1.165) is 16.7 Å². The summed E-state index contributed by atoms with van der Waals surface area (Å²) in [6.45, 7) is 3.77. The van der Waals surface area contributed by atoms with Gasteiger partial charge in [0.15, 0.2) is 0 Å². The maximum Gasteiger partial charge on any atom is 0.337 e. The van der Waals surface area contributed by atoms with Crippen LogP contribution < -0.4 is 9.46 Å². The Morgan fingerprint density at radius 2 is 1.93 bits per heavy atom. The summed E-state index contributed by atoms with van der Waals surface area (Å²) in [6, 6.07) is 18.0. The van der Waals surface area contributed by atoms with Crippen molar-refractivity contribution in [3.8, 4) is 34.7 Å². The molecule has 40 heavy (non-hydrogen) atoms. The lowest BCUT2D eigenvalue weighted by Crippen LogP contribution is -2.27. The van der Waals surface area contributed by atoms with E-state index in [1.165, 1.54) is 31.4 Å². The lowest BCUT2D eigenvalue weighted by molar-refractivity contribution is 0.0600. The van der Waals surface area contributed by atoms with Crippen molar-refractivity contribution in [3.05, 3.63) is 82.9 Å². The zero-order valence-corrected chi connectivity index (χ0v) is 22.9. The van der Waals surface area contributed by atoms with Crippen molar-refractivity contribution in [1.82, 2.24) is 14.9 Å². The smallest absolute Gasteiger partial charge is 0.337 e. The van der Waals surface area contributed by atoms with Gasteiger partial charge in [0.1, 0.15) is 11.8 Å². The van der Waals surface area contributed by atoms with E-state index in [0.29, 0.717) is 35.5 Å². The molecule has 0 spiro atoms. The van der Waals surface area contributed by atoms with Gasteiger partial charge in [0.2, 0.25) is 15.8 Å². The number of carbonyl (C=O) groups excluding carboxylic acids is 1. The zero-order valence-electron chi connectivity index (χ0n) is 22.0. The van der Waals surface area contributed by atoms with Gasteiger partial charge in [-0.2, -0.15) is 10.2 Å². The monoisotopic (exact) mass is 558 g/mol. The number of methoxy groups -OCH3 is 1. The first-order valence-corrected chi connectivity index (χ1v) is 14.1. The highest BCUT2D eigenvalue weighted by Crippen LogP contribution is 2.38. The van der Waals surface area contributed by atoms with Gasteiger partial charge in [-0.3, -0.25) is 0 Å². The second-order valence-corrected chi connectivity index (χ2v) is 11.2. The molecule has 1 aromatic heterocycles. The lowest BCUT2D eigenvalue weighted by atomic mass is 10.0. The molecule has 1 aliphatic carbocycles. The highest BCUT2D eigenvalue weighted by Gasteiger charge is 2.30. The minimum Gasteiger partial charge on any atom is -0.490 e. The molecule has 1 heterocycles. The summed E-state index contributed by atoms with van der Waals surface area (Å²) in [6.07, 6.45) is 1.09. The van der Waals surface area contributed by atoms with Gasteiger partial charge in [0.25, 0.3) is 5.89 Å². The van der Waals surface area contributed by atoms with Gasteiger partial charge in [-0.25, -0.2) is 17.9 Å². The zero-order chi connectivity index (χ0) is 28.4. The van der Waals surface area contributed by atoms with E-state index in [4.69, 9.17) is 9.26 Å². The number of rotatable bonds is 8. The van der Waals surface area contributed by atoms with Crippen molar-refractivity contribution in [2.45, 2.75) is 43.7 Å². The second-order valence-electron chi connectivity index (χ2n) is 9.51. The molecule has 0 fully saturated rings. The molecule has 1 N–H and O–H groups in total. The average molecular weight is 559 g/mol. The molecule has 5 rings (SSSR count). The summed E-state index contributed by atoms with van der Waals surface area (Å²) in [5, 5.41) is 13.7. The minimum absolute atomic E-state index is 0.0501. The Morgan fingerprint density at radius 1 is 1.15 bits per heavy atom. The molecular formula is C29H26N4O6S. The number of nitriles is 1. The number of ether oxygens (including phenoxy) is 2. The first-order chi connectivity index (χ1) is 19.2. The van der Waals surface area contributed by atoms with Crippen LogP contribution in [-0.2, 0) is 21.2 Å². The van der Waals surface area contributed by atoms with Gasteiger partial charge >= 0.3 is 5.97 Å². The highest BCUT2D eigenvalue weighted by atomic mass is 32.2. The molecule has 10 nitrogen and oxygen atoms in total. The third-order valence-electron chi connectivity index (χ3n) is 6.53. The van der Waals surface area contributed by atoms with E-state index in [1.807, 2.05) is 32.0 Å². The number of hydrogen-bond acceptors (Lipinski definition) is 9. The number of esters is 1. The van der Waals surface area contributed by atoms with Crippen molar-refractivity contribution in [3.63, 3.8) is 0 Å². The minimum atomic E-state index is -3.85. The summed E-state index contributed by atoms with van der Waals surface area (Å²) in [7, 11) is -2.59. The Labute approximate surface area is 231 Å². The normalized spacial score (nSPS) is 14.5. The predicted molar refractivity (Wildman–Crippen MR) is 145 cm³/mol. The Morgan fingerprint density at radius 3 is 2.62 bits per heavy atom. The fourth-order valence-corrected chi connectivity index (χ4v) is 5.94. The van der Waals surface area contributed by atoms with Crippen LogP contribution in [0, 0.1) is 11.3 Å². The van der Waals surface area contributed by atoms with Crippen LogP contribution in [0.4, 0.5) is 0 Å². The largest absolute Gasteiger partial charge is 0.490 e. The molecule has 0 unspecified atom stereocenters. The van der Waals surface area contributed by atoms with Gasteiger partial charge < -0.3 is 14.0 Å². The fraction of sp³-hybridized carbons (Fsp3) is 0.241. The molecular weight excluding hydrogens is 532 g/mol. The molecule has 0 saturated carbocycles. The Kier molecular flexibility index (Phi) is 7.38. The van der Waals surface area contributed by atoms with Crippen LogP contribution in [0.5, 0.6) is 5.75 Å². The summed E-state index contributed by atoms with van der Waals surface area (Å²) in [4.78, 5) is 16.3. The van der Waals surface area contributed by atoms with Crippen molar-refractivity contribution >= 4 is 16.0 Å². The van der Waals surface area contributed by atoms with Crippen molar-refractivity contribution in [2.75, 3.05) is 7.11 Å². The first kappa shape index (κ1) is 27.1. The van der Waals surface area contributed by atoms with Crippen molar-refractivity contribution in [1.29, 1.82) is 5.26 Å². The number of fused-ring (bicyclic) bond motifs is 1. The van der Waals surface area contributed by atoms with E-state index in [2.05, 4.69) is 25.7 Å². The number of nitrogens with zero attached hydrogens (tertiary/aromatic N) is 3. The van der Waals surface area contributed by atoms with Crippen LogP contribution in [0.25, 0.3) is 22.8 Å². The Balaban J connectivity index is 1.38. The highest BCUT2D eigenvalue weighted by molar-refractivity contribution is 7.89. The van der Waals surface area contributed by atoms with Gasteiger partial charge in [-0.15, -0.1) is 0 Å². The van der Waals surface area contributed by atoms with Gasteiger partial charge in [0, 0.05) is 17.2 Å². The maximum absolute atomic E-state index is 13.1. The van der Waals surface area contributed by atoms with E-state index >= 15 is 0 Å². The Bertz CT molecular complexity index is 1720. The molecule has 1 atom stereocenters. The van der Waals surface area contributed by atoms with Crippen LogP contribution in [-0.4, -0.2) is 37.7 Å². The molecule has 1 aliphatic rings. The molecule has 0 radical (unpaired) electrons. The summed E-state index contributed by atoms with van der Waals surface area (Å²) in [5.41, 5.74) is 3.73. The van der Waals surface area contributed by atoms with Gasteiger partial charge in [-0.1, -0.05) is 23.4 Å². The van der Waals surface area contributed by atoms with E-state index in [-0.39, 0.29) is 22.5 Å². The number of sulfonamides is 1. The quantitative estimate of drug-likeness (QED) is 0.301. The summed E-state index contributed by atoms with van der Waals surface area (Å²) >= 11 is 0. The standard InChI is InChI=1S/C29H26N4O6S/c1-17(2)38-26-14-9-19(15-20(26)16-30)28-31-27(32-39-28)24-6-4-5-23-22(24)12-13-25(23)33-40(35,36)21-10-7-18(8-11-21)29(34)37-3/h4-11,14-15,17,25,33H,12-13H2,1-3H3/t25-/m0/s1. The van der Waals surface area contributed by atoms with E-state index < -0.39 is 22.0 Å². The van der Waals surface area contributed by atoms with Crippen LogP contribution in [0.15, 0.2) is 70.1 Å². The van der Waals surface area contributed by atoms with Crippen LogP contribution >= 0.6 is 0 Å². The summed E-state index contributed by atoms with van der Waals surface area (Å²) < 4.78 is 44.9. The van der Waals surface area contributed by atoms with E-state index in [1.54, 1.807) is 18.2 Å². The average Bonchev–Trinajstić information content (AvgIpc) is 3.60. The number of hydrogen-bond donors (Lipinski definition) is 1. The molecule has 11 heteroatoms. The third kappa shape index (κ3) is 5.32. The SMILES string of the molecule is COC(=O)c1ccc(S(=O)(=O)N[C@H]2CCc3c(-c4noc(-c5ccc(OC(C)C)c(C#N)c5)n4)cccc32)cc1. The third-order valence-corrected chi connectivity index (χ3v) is 8.02. The van der Waals surface area contributed by atoms with E-state index in [9.17, 15) is 18.5 Å². The Hall–Kier alpha value is -4.53. The number of nitrogens with one attached hydrogen (secondary N) is 1. The van der Waals surface area contributed by atoms with Crippen LogP contribution in [0.1, 0.15) is 53.4 Å². The lowest BCUT2D eigenvalue weighted by Gasteiger charge is -2.15. The van der Waals surface area contributed by atoms with Crippen molar-refractivity contribution < 1.29 is 27.2 Å². The van der Waals surface area contributed by atoms with Crippen LogP contribution in [0.3, 0.4) is 0 Å². The molecule has 4 aromatic rings. The first-order valence-electron chi connectivity index (χ1n) is 12.6. The number of aromatic nitrogens is 2. The molecule has 3 aromatic carbocycles. The second kappa shape index (κ2) is 10.9. The molecule has 0 bridgehead atoms. The fourth-order valence-electron chi connectivity index (χ4n) is 4.69. The maximum atomic E-state index is 13.1. The van der Waals surface area contributed by atoms with Crippen LogP contribution in [0.2, 0.25) is 0 Å². The van der Waals surface area contributed by atoms with Gasteiger partial charge in [-0.05, 0) is 80.3 Å². The summed E-state index contributed by atoms with van der Waals surface area (Å²) in [5.74, 6) is 0.567. The number of benzene rings is 3. The molecule has 0 saturated heterocycles. The number of carbonyl (C=O) groups is 1. The topological polar surface area (TPSA) is 144 Å². The van der Waals surface area contributed by atoms with Gasteiger partial charge in [0.05, 0.1) is 29.2 Å². The molecule has 204 valence electrons. The molecule has 0 aliphatic heterocycles.